The van der Waals surface area contributed by atoms with Crippen molar-refractivity contribution in [2.75, 3.05) is 0 Å². The molecule has 22 heavy (non-hydrogen) atoms. The number of hydrogen-bond donors (Lipinski definition) is 1. The number of aromatic carboxylic acids is 1. The molecule has 0 fully saturated rings. The van der Waals surface area contributed by atoms with Crippen molar-refractivity contribution in [3.8, 4) is 0 Å². The second kappa shape index (κ2) is 11.1. The maximum atomic E-state index is 10.2. The normalized spacial score (nSPS) is 14.3. The topological polar surface area (TPSA) is 37.3 Å². The molecule has 5 heteroatoms. The molecule has 119 valence electrons. The fraction of sp³-hybridized carbons (Fsp3) is 0.353. The van der Waals surface area contributed by atoms with Crippen LogP contribution in [-0.2, 0) is 21.7 Å². The molecule has 0 aliphatic heterocycles. The van der Waals surface area contributed by atoms with Gasteiger partial charge in [0.25, 0.3) is 0 Å². The summed E-state index contributed by atoms with van der Waals surface area (Å²) in [5.41, 5.74) is 4.73. The van der Waals surface area contributed by atoms with Gasteiger partial charge in [-0.1, -0.05) is 51.3 Å². The molecule has 0 saturated heterocycles. The number of benzene rings is 1. The third-order valence-corrected chi connectivity index (χ3v) is 3.58. The van der Waals surface area contributed by atoms with Crippen molar-refractivity contribution in [1.29, 1.82) is 0 Å². The van der Waals surface area contributed by atoms with E-state index in [1.807, 2.05) is 0 Å². The van der Waals surface area contributed by atoms with Crippen LogP contribution in [0.1, 0.15) is 45.0 Å². The average Bonchev–Trinajstić information content (AvgIpc) is 2.54. The van der Waals surface area contributed by atoms with Crippen molar-refractivity contribution in [2.24, 2.45) is 5.41 Å². The van der Waals surface area contributed by atoms with Crippen molar-refractivity contribution in [3.05, 3.63) is 58.7 Å². The molecule has 1 aliphatic carbocycles. The fourth-order valence-corrected chi connectivity index (χ4v) is 1.99. The van der Waals surface area contributed by atoms with Gasteiger partial charge in [0.05, 0.1) is 5.56 Å². The van der Waals surface area contributed by atoms with Crippen molar-refractivity contribution in [1.82, 2.24) is 0 Å². The van der Waals surface area contributed by atoms with Gasteiger partial charge < -0.3 is 29.9 Å². The first-order valence-electron chi connectivity index (χ1n) is 6.34. The van der Waals surface area contributed by atoms with Gasteiger partial charge in [0.2, 0.25) is 0 Å². The zero-order valence-electron chi connectivity index (χ0n) is 13.5. The Hall–Kier alpha value is -0.536. The van der Waals surface area contributed by atoms with Gasteiger partial charge in [-0.2, -0.15) is 11.1 Å². The molecule has 0 bridgehead atoms. The smallest absolute Gasteiger partial charge is 1.00 e. The second-order valence-corrected chi connectivity index (χ2v) is 5.30. The minimum Gasteiger partial charge on any atom is -1.00 e. The molecule has 1 N–H and O–H groups in total. The van der Waals surface area contributed by atoms with Crippen LogP contribution in [0, 0.1) is 11.5 Å². The van der Waals surface area contributed by atoms with Gasteiger partial charge in [0, 0.05) is 0 Å². The standard InChI is InChI=1S/C10H15.C7H6O2.2ClH.Ti/c1-7-6-10(4,5)9(3)8(7)2;8-7(9)6-4-2-1-3-5-6;;;/h1-5H3;1-5H,(H,8,9);2*1H;/q-1;;;;+3/p-2. The van der Waals surface area contributed by atoms with Crippen molar-refractivity contribution < 1.29 is 56.4 Å². The molecule has 1 aliphatic rings. The summed E-state index contributed by atoms with van der Waals surface area (Å²) in [6.45, 7) is 10.9. The number of carboxylic acid groups (broad SMARTS) is 1. The second-order valence-electron chi connectivity index (χ2n) is 5.30. The first-order valence-corrected chi connectivity index (χ1v) is 6.34. The molecule has 0 aromatic heterocycles. The van der Waals surface area contributed by atoms with Gasteiger partial charge in [-0.3, -0.25) is 6.08 Å². The maximum absolute atomic E-state index is 10.2. The molecule has 0 atom stereocenters. The average molecular weight is 376 g/mol. The molecule has 1 aromatic carbocycles. The first-order chi connectivity index (χ1) is 8.75. The molecule has 0 spiro atoms. The summed E-state index contributed by atoms with van der Waals surface area (Å²) in [7, 11) is 0. The maximum Gasteiger partial charge on any atom is 3.00 e. The van der Waals surface area contributed by atoms with Crippen LogP contribution in [-0.4, -0.2) is 11.1 Å². The number of rotatable bonds is 1. The number of hydrogen-bond acceptors (Lipinski definition) is 1. The summed E-state index contributed by atoms with van der Waals surface area (Å²) in [5, 5.41) is 8.38. The quantitative estimate of drug-likeness (QED) is 0.479. The third kappa shape index (κ3) is 7.15. The minimum absolute atomic E-state index is 0. The van der Waals surface area contributed by atoms with Crippen LogP contribution in [0.4, 0.5) is 0 Å². The number of allylic oxidation sites excluding steroid dienone is 4. The van der Waals surface area contributed by atoms with Gasteiger partial charge in [-0.15, -0.1) is 6.92 Å². The predicted molar refractivity (Wildman–Crippen MR) is 78.0 cm³/mol. The molecule has 0 amide bonds. The van der Waals surface area contributed by atoms with Gasteiger partial charge in [0.1, 0.15) is 0 Å². The Morgan fingerprint density at radius 3 is 1.68 bits per heavy atom. The number of carboxylic acids is 1. The minimum atomic E-state index is -0.879. The molecule has 0 saturated carbocycles. The van der Waals surface area contributed by atoms with Crippen LogP contribution in [0.5, 0.6) is 0 Å². The van der Waals surface area contributed by atoms with E-state index in [0.717, 1.165) is 0 Å². The Labute approximate surface area is 160 Å². The van der Waals surface area contributed by atoms with Gasteiger partial charge in [-0.05, 0) is 12.1 Å². The van der Waals surface area contributed by atoms with Crippen LogP contribution in [0.2, 0.25) is 0 Å². The zero-order chi connectivity index (χ0) is 14.6. The Bertz CT molecular complexity index is 535. The summed E-state index contributed by atoms with van der Waals surface area (Å²) in [4.78, 5) is 10.2. The molecule has 1 aromatic rings. The molecule has 1 radical (unpaired) electrons. The molecule has 0 unspecified atom stereocenters. The molecular formula is C17H21Cl2O2Ti. The number of halogens is 2. The zero-order valence-corrected chi connectivity index (χ0v) is 16.6. The Morgan fingerprint density at radius 1 is 1.05 bits per heavy atom. The van der Waals surface area contributed by atoms with Crippen LogP contribution in [0.3, 0.4) is 0 Å². The Balaban J connectivity index is -0.000000290. The SMILES string of the molecule is CC1=[C-]C(C)(C)C(C)=C1C.O=C(O)c1ccccc1.[Cl-].[Cl-].[Ti+3]. The summed E-state index contributed by atoms with van der Waals surface area (Å²) < 4.78 is 0. The Morgan fingerprint density at radius 2 is 1.50 bits per heavy atom. The number of carbonyl (C=O) groups is 1. The van der Waals surface area contributed by atoms with E-state index in [-0.39, 0.29) is 51.9 Å². The summed E-state index contributed by atoms with van der Waals surface area (Å²) >= 11 is 0. The molecule has 2 nitrogen and oxygen atoms in total. The molecular weight excluding hydrogens is 355 g/mol. The van der Waals surface area contributed by atoms with Gasteiger partial charge in [0.15, 0.2) is 0 Å². The largest absolute Gasteiger partial charge is 3.00 e. The van der Waals surface area contributed by atoms with E-state index in [1.165, 1.54) is 16.7 Å². The van der Waals surface area contributed by atoms with E-state index in [2.05, 4.69) is 40.7 Å². The predicted octanol–water partition coefficient (Wildman–Crippen LogP) is -1.50. The van der Waals surface area contributed by atoms with Gasteiger partial charge >= 0.3 is 27.7 Å². The van der Waals surface area contributed by atoms with E-state index in [4.69, 9.17) is 5.11 Å². The van der Waals surface area contributed by atoms with E-state index in [9.17, 15) is 4.79 Å². The van der Waals surface area contributed by atoms with Crippen molar-refractivity contribution >= 4 is 5.97 Å². The van der Waals surface area contributed by atoms with Crippen LogP contribution >= 0.6 is 0 Å². The van der Waals surface area contributed by atoms with E-state index < -0.39 is 5.97 Å². The molecule has 0 heterocycles. The van der Waals surface area contributed by atoms with Crippen molar-refractivity contribution in [3.63, 3.8) is 0 Å². The summed E-state index contributed by atoms with van der Waals surface area (Å²) in [5.74, 6) is -0.879. The van der Waals surface area contributed by atoms with Crippen LogP contribution in [0.15, 0.2) is 47.1 Å². The van der Waals surface area contributed by atoms with Gasteiger partial charge in [-0.25, -0.2) is 10.4 Å². The van der Waals surface area contributed by atoms with E-state index >= 15 is 0 Å². The summed E-state index contributed by atoms with van der Waals surface area (Å²) in [6, 6.07) is 8.30. The first kappa shape index (κ1) is 26.4. The summed E-state index contributed by atoms with van der Waals surface area (Å²) in [6.07, 6.45) is 3.44. The Kier molecular flexibility index (Phi) is 13.3. The molecule has 2 rings (SSSR count). The van der Waals surface area contributed by atoms with Crippen molar-refractivity contribution in [2.45, 2.75) is 34.6 Å². The van der Waals surface area contributed by atoms with Crippen LogP contribution < -0.4 is 24.8 Å². The van der Waals surface area contributed by atoms with Crippen LogP contribution in [0.25, 0.3) is 0 Å². The van der Waals surface area contributed by atoms with E-state index in [0.29, 0.717) is 5.56 Å². The fourth-order valence-electron chi connectivity index (χ4n) is 1.99. The van der Waals surface area contributed by atoms with E-state index in [1.54, 1.807) is 30.3 Å². The monoisotopic (exact) mass is 375 g/mol. The third-order valence-electron chi connectivity index (χ3n) is 3.58.